The van der Waals surface area contributed by atoms with E-state index < -0.39 is 15.6 Å². The lowest BCUT2D eigenvalue weighted by atomic mass is 9.97. The van der Waals surface area contributed by atoms with E-state index in [0.717, 1.165) is 5.56 Å². The van der Waals surface area contributed by atoms with Crippen molar-refractivity contribution in [3.63, 3.8) is 0 Å². The molecule has 1 aliphatic heterocycles. The molecule has 5 nitrogen and oxygen atoms in total. The summed E-state index contributed by atoms with van der Waals surface area (Å²) in [5.74, 6) is 0. The van der Waals surface area contributed by atoms with E-state index in [-0.39, 0.29) is 17.4 Å². The molecule has 0 aromatic heterocycles. The molecule has 1 aromatic rings. The van der Waals surface area contributed by atoms with Crippen LogP contribution in [0.15, 0.2) is 29.2 Å². The molecule has 1 heterocycles. The number of nitriles is 1. The smallest absolute Gasteiger partial charge is 0.241 e. The number of nitrogens with zero attached hydrogens (tertiary/aromatic N) is 1. The quantitative estimate of drug-likeness (QED) is 0.914. The first-order valence-electron chi connectivity index (χ1n) is 6.49. The van der Waals surface area contributed by atoms with E-state index in [9.17, 15) is 8.42 Å². The van der Waals surface area contributed by atoms with Gasteiger partial charge >= 0.3 is 0 Å². The van der Waals surface area contributed by atoms with Gasteiger partial charge in [0.1, 0.15) is 0 Å². The maximum atomic E-state index is 12.4. The minimum absolute atomic E-state index is 0.157. The van der Waals surface area contributed by atoms with Crippen LogP contribution in [0.5, 0.6) is 0 Å². The van der Waals surface area contributed by atoms with Crippen LogP contribution < -0.4 is 4.72 Å². The van der Waals surface area contributed by atoms with Crippen molar-refractivity contribution in [2.24, 2.45) is 0 Å². The summed E-state index contributed by atoms with van der Waals surface area (Å²) in [7, 11) is -3.58. The fourth-order valence-corrected chi connectivity index (χ4v) is 3.71. The molecule has 1 aliphatic rings. The Bertz CT molecular complexity index is 619. The summed E-state index contributed by atoms with van der Waals surface area (Å²) in [5, 5.41) is 8.61. The van der Waals surface area contributed by atoms with Crippen LogP contribution >= 0.6 is 0 Å². The molecule has 1 N–H and O–H groups in total. The highest BCUT2D eigenvalue weighted by molar-refractivity contribution is 7.89. The highest BCUT2D eigenvalue weighted by Crippen LogP contribution is 2.27. The van der Waals surface area contributed by atoms with Crippen LogP contribution in [-0.2, 0) is 21.2 Å². The Balaban J connectivity index is 2.20. The van der Waals surface area contributed by atoms with Gasteiger partial charge in [-0.3, -0.25) is 0 Å². The van der Waals surface area contributed by atoms with Crippen LogP contribution in [0.25, 0.3) is 0 Å². The predicted molar refractivity (Wildman–Crippen MR) is 74.5 cm³/mol. The van der Waals surface area contributed by atoms with E-state index in [2.05, 4.69) is 4.72 Å². The number of hydrogen-bond donors (Lipinski definition) is 1. The van der Waals surface area contributed by atoms with Crippen molar-refractivity contribution in [3.8, 4) is 6.07 Å². The van der Waals surface area contributed by atoms with Crippen molar-refractivity contribution in [1.82, 2.24) is 4.72 Å². The van der Waals surface area contributed by atoms with Gasteiger partial charge in [0.15, 0.2) is 0 Å². The van der Waals surface area contributed by atoms with Crippen LogP contribution in [0.1, 0.15) is 25.8 Å². The van der Waals surface area contributed by atoms with Gasteiger partial charge in [-0.1, -0.05) is 12.1 Å². The summed E-state index contributed by atoms with van der Waals surface area (Å²) >= 11 is 0. The first kappa shape index (κ1) is 15.0. The molecule has 20 heavy (non-hydrogen) atoms. The molecule has 0 amide bonds. The number of benzene rings is 1. The van der Waals surface area contributed by atoms with E-state index in [1.54, 1.807) is 12.1 Å². The number of hydrogen-bond acceptors (Lipinski definition) is 4. The normalized spacial score (nSPS) is 26.4. The summed E-state index contributed by atoms with van der Waals surface area (Å²) in [6.45, 7) is 4.28. The van der Waals surface area contributed by atoms with E-state index in [1.165, 1.54) is 12.1 Å². The maximum Gasteiger partial charge on any atom is 0.241 e. The second kappa shape index (κ2) is 5.52. The molecule has 1 saturated heterocycles. The van der Waals surface area contributed by atoms with Crippen molar-refractivity contribution in [2.45, 2.75) is 43.2 Å². The Morgan fingerprint density at radius 3 is 2.60 bits per heavy atom. The molecule has 0 radical (unpaired) electrons. The summed E-state index contributed by atoms with van der Waals surface area (Å²) in [6.07, 6.45) is 0.770. The van der Waals surface area contributed by atoms with Crippen LogP contribution in [-0.4, -0.2) is 26.7 Å². The van der Waals surface area contributed by atoms with Crippen molar-refractivity contribution in [1.29, 1.82) is 5.26 Å². The van der Waals surface area contributed by atoms with Gasteiger partial charge in [0.25, 0.3) is 0 Å². The maximum absolute atomic E-state index is 12.4. The zero-order valence-electron chi connectivity index (χ0n) is 11.6. The molecule has 2 atom stereocenters. The van der Waals surface area contributed by atoms with Gasteiger partial charge in [-0.05, 0) is 38.0 Å². The zero-order valence-corrected chi connectivity index (χ0v) is 12.4. The summed E-state index contributed by atoms with van der Waals surface area (Å²) in [5.41, 5.74) is 0.222. The Labute approximate surface area is 119 Å². The third-order valence-electron chi connectivity index (χ3n) is 3.77. The first-order chi connectivity index (χ1) is 9.37. The molecular weight excluding hydrogens is 276 g/mol. The molecule has 2 unspecified atom stereocenters. The van der Waals surface area contributed by atoms with E-state index in [0.29, 0.717) is 13.0 Å². The largest absolute Gasteiger partial charge is 0.376 e. The molecule has 0 spiro atoms. The fraction of sp³-hybridized carbons (Fsp3) is 0.500. The monoisotopic (exact) mass is 294 g/mol. The number of sulfonamides is 1. The van der Waals surface area contributed by atoms with Crippen molar-refractivity contribution in [2.75, 3.05) is 6.61 Å². The van der Waals surface area contributed by atoms with Gasteiger partial charge in [-0.2, -0.15) is 5.26 Å². The molecule has 1 aromatic carbocycles. The van der Waals surface area contributed by atoms with Gasteiger partial charge in [-0.25, -0.2) is 13.1 Å². The standard InChI is InChI=1S/C14H18N2O3S/c1-11-14(2,8-10-19-11)16-20(17,18)13-5-3-12(4-6-13)7-9-15/h3-6,11,16H,7-8,10H2,1-2H3. The molecule has 0 aliphatic carbocycles. The molecule has 108 valence electrons. The summed E-state index contributed by atoms with van der Waals surface area (Å²) < 4.78 is 32.9. The second-order valence-corrected chi connectivity index (χ2v) is 6.95. The van der Waals surface area contributed by atoms with Crippen molar-refractivity contribution < 1.29 is 13.2 Å². The van der Waals surface area contributed by atoms with Crippen LogP contribution in [0.3, 0.4) is 0 Å². The van der Waals surface area contributed by atoms with Gasteiger partial charge in [0.2, 0.25) is 10.0 Å². The molecule has 6 heteroatoms. The third kappa shape index (κ3) is 3.01. The second-order valence-electron chi connectivity index (χ2n) is 5.26. The summed E-state index contributed by atoms with van der Waals surface area (Å²) in [6, 6.07) is 8.41. The van der Waals surface area contributed by atoms with Gasteiger partial charge in [-0.15, -0.1) is 0 Å². The fourth-order valence-electron chi connectivity index (χ4n) is 2.21. The Kier molecular flexibility index (Phi) is 4.14. The molecule has 1 fully saturated rings. The predicted octanol–water partition coefficient (Wildman–Crippen LogP) is 1.60. The van der Waals surface area contributed by atoms with Gasteiger partial charge in [0.05, 0.1) is 29.0 Å². The molecule has 2 rings (SSSR count). The average Bonchev–Trinajstić information content (AvgIpc) is 2.69. The van der Waals surface area contributed by atoms with Crippen LogP contribution in [0, 0.1) is 11.3 Å². The molecular formula is C14H18N2O3S. The highest BCUT2D eigenvalue weighted by Gasteiger charge is 2.40. The van der Waals surface area contributed by atoms with Crippen molar-refractivity contribution >= 4 is 10.0 Å². The zero-order chi connectivity index (χ0) is 14.8. The Morgan fingerprint density at radius 1 is 1.45 bits per heavy atom. The SMILES string of the molecule is CC1OCCC1(C)NS(=O)(=O)c1ccc(CC#N)cc1. The minimum atomic E-state index is -3.58. The Morgan fingerprint density at radius 2 is 2.10 bits per heavy atom. The number of ether oxygens (including phenoxy) is 1. The van der Waals surface area contributed by atoms with Crippen LogP contribution in [0.2, 0.25) is 0 Å². The topological polar surface area (TPSA) is 79.2 Å². The molecule has 0 bridgehead atoms. The first-order valence-corrected chi connectivity index (χ1v) is 7.97. The average molecular weight is 294 g/mol. The lowest BCUT2D eigenvalue weighted by Crippen LogP contribution is -2.50. The summed E-state index contributed by atoms with van der Waals surface area (Å²) in [4.78, 5) is 0.208. The van der Waals surface area contributed by atoms with E-state index >= 15 is 0 Å². The number of rotatable bonds is 4. The number of nitrogens with one attached hydrogen (secondary N) is 1. The third-order valence-corrected chi connectivity index (χ3v) is 5.40. The minimum Gasteiger partial charge on any atom is -0.376 e. The van der Waals surface area contributed by atoms with Gasteiger partial charge < -0.3 is 4.74 Å². The van der Waals surface area contributed by atoms with Crippen LogP contribution in [0.4, 0.5) is 0 Å². The lowest BCUT2D eigenvalue weighted by molar-refractivity contribution is 0.0957. The van der Waals surface area contributed by atoms with Crippen molar-refractivity contribution in [3.05, 3.63) is 29.8 Å². The lowest BCUT2D eigenvalue weighted by Gasteiger charge is -2.28. The highest BCUT2D eigenvalue weighted by atomic mass is 32.2. The van der Waals surface area contributed by atoms with Gasteiger partial charge in [0, 0.05) is 6.61 Å². The molecule has 0 saturated carbocycles. The van der Waals surface area contributed by atoms with E-state index in [1.807, 2.05) is 19.9 Å². The van der Waals surface area contributed by atoms with E-state index in [4.69, 9.17) is 10.00 Å². The Hall–Kier alpha value is -1.42.